The molecule has 0 saturated carbocycles. The molecule has 12 heteroatoms. The van der Waals surface area contributed by atoms with Crippen LogP contribution in [0.4, 0.5) is 11.4 Å². The van der Waals surface area contributed by atoms with E-state index in [9.17, 15) is 22.8 Å². The van der Waals surface area contributed by atoms with Gasteiger partial charge in [-0.05, 0) is 60.9 Å². The molecule has 1 aliphatic heterocycles. The third-order valence-corrected chi connectivity index (χ3v) is 9.65. The number of carbonyl (C=O) groups excluding carboxylic acids is 3. The molecule has 1 aromatic heterocycles. The summed E-state index contributed by atoms with van der Waals surface area (Å²) in [5.74, 6) is -2.06. The van der Waals surface area contributed by atoms with Crippen molar-refractivity contribution in [1.29, 1.82) is 0 Å². The average Bonchev–Trinajstić information content (AvgIpc) is 3.37. The molecule has 0 radical (unpaired) electrons. The van der Waals surface area contributed by atoms with E-state index in [1.807, 2.05) is 24.3 Å². The molecule has 0 aliphatic carbocycles. The number of sulfonamides is 1. The average molecular weight is 609 g/mol. The van der Waals surface area contributed by atoms with Crippen LogP contribution < -0.4 is 14.9 Å². The van der Waals surface area contributed by atoms with Gasteiger partial charge in [-0.2, -0.15) is 0 Å². The number of carbonyl (C=O) groups is 3. The number of halogens is 1. The second-order valence-corrected chi connectivity index (χ2v) is 12.3. The lowest BCUT2D eigenvalue weighted by Crippen LogP contribution is -2.54. The Labute approximate surface area is 248 Å². The number of aromatic amines is 1. The van der Waals surface area contributed by atoms with E-state index in [0.717, 1.165) is 20.8 Å². The van der Waals surface area contributed by atoms with Crippen molar-refractivity contribution in [3.63, 3.8) is 0 Å². The molecule has 218 valence electrons. The summed E-state index contributed by atoms with van der Waals surface area (Å²) in [4.78, 5) is 42.6. The molecule has 5 rings (SSSR count). The molecule has 0 spiro atoms. The van der Waals surface area contributed by atoms with E-state index >= 15 is 0 Å². The zero-order valence-corrected chi connectivity index (χ0v) is 24.7. The molecule has 2 amide bonds. The number of benzene rings is 3. The zero-order chi connectivity index (χ0) is 30.2. The summed E-state index contributed by atoms with van der Waals surface area (Å²) in [7, 11) is -3.13. The van der Waals surface area contributed by atoms with Gasteiger partial charge < -0.3 is 20.4 Å². The first-order chi connectivity index (χ1) is 20.0. The minimum atomic E-state index is -4.35. The van der Waals surface area contributed by atoms with E-state index in [0.29, 0.717) is 16.1 Å². The molecule has 2 heterocycles. The highest BCUT2D eigenvalue weighted by atomic mass is 35.5. The van der Waals surface area contributed by atoms with Crippen LogP contribution in [0.3, 0.4) is 0 Å². The maximum Gasteiger partial charge on any atom is 0.328 e. The highest BCUT2D eigenvalue weighted by molar-refractivity contribution is 7.93. The Morgan fingerprint density at radius 1 is 1.07 bits per heavy atom. The van der Waals surface area contributed by atoms with Crippen molar-refractivity contribution in [2.45, 2.75) is 43.7 Å². The van der Waals surface area contributed by atoms with Gasteiger partial charge in [-0.1, -0.05) is 41.9 Å². The number of para-hydroxylation sites is 3. The first-order valence-electron chi connectivity index (χ1n) is 13.1. The maximum atomic E-state index is 14.2. The molecule has 1 aliphatic rings. The Morgan fingerprint density at radius 2 is 1.79 bits per heavy atom. The fourth-order valence-electron chi connectivity index (χ4n) is 5.16. The Balaban J connectivity index is 1.47. The number of rotatable bonds is 8. The van der Waals surface area contributed by atoms with Crippen LogP contribution in [-0.2, 0) is 35.6 Å². The third-order valence-electron chi connectivity index (χ3n) is 7.28. The van der Waals surface area contributed by atoms with Gasteiger partial charge in [0.2, 0.25) is 11.8 Å². The monoisotopic (exact) mass is 608 g/mol. The van der Waals surface area contributed by atoms with Crippen molar-refractivity contribution in [1.82, 2.24) is 10.3 Å². The number of nitrogens with zero attached hydrogens (tertiary/aromatic N) is 1. The van der Waals surface area contributed by atoms with Crippen LogP contribution in [-0.4, -0.2) is 50.4 Å². The topological polar surface area (TPSA) is 138 Å². The molecule has 0 saturated heterocycles. The summed E-state index contributed by atoms with van der Waals surface area (Å²) in [6, 6.07) is 14.5. The number of esters is 1. The van der Waals surface area contributed by atoms with Crippen molar-refractivity contribution >= 4 is 61.7 Å². The molecule has 2 atom stereocenters. The standard InChI is InChI=1S/C30H29ClN4O6S/c1-17-13-27(18(2)12-21(17)31)42(39,40)35-25-11-7-6-10-23(25)34-29(37)26(35)15-28(36)33-24(30(38)41-3)14-19-16-32-22-9-5-4-8-20(19)22/h4-13,16,24,26,32H,14-15H2,1-3H3,(H,33,36)(H,34,37)/t24-,26+/m0/s1. The Hall–Kier alpha value is -4.35. The molecule has 3 N–H and O–H groups in total. The van der Waals surface area contributed by atoms with Gasteiger partial charge in [0.1, 0.15) is 12.1 Å². The number of ether oxygens (including phenoxy) is 1. The lowest BCUT2D eigenvalue weighted by Gasteiger charge is -2.37. The predicted octanol–water partition coefficient (Wildman–Crippen LogP) is 4.24. The molecule has 0 bridgehead atoms. The van der Waals surface area contributed by atoms with Crippen molar-refractivity contribution in [3.8, 4) is 0 Å². The van der Waals surface area contributed by atoms with Gasteiger partial charge in [-0.3, -0.25) is 13.9 Å². The van der Waals surface area contributed by atoms with Crippen LogP contribution in [0.5, 0.6) is 0 Å². The van der Waals surface area contributed by atoms with Crippen molar-refractivity contribution in [2.24, 2.45) is 0 Å². The van der Waals surface area contributed by atoms with Crippen LogP contribution in [0.2, 0.25) is 5.02 Å². The second-order valence-electron chi connectivity index (χ2n) is 10.1. The zero-order valence-electron chi connectivity index (χ0n) is 23.1. The fraction of sp³-hybridized carbons (Fsp3) is 0.233. The SMILES string of the molecule is COC(=O)[C@H](Cc1c[nH]c2ccccc12)NC(=O)C[C@@H]1C(=O)Nc2ccccc2N1S(=O)(=O)c1cc(C)c(Cl)cc1C. The predicted molar refractivity (Wildman–Crippen MR) is 160 cm³/mol. The smallest absolute Gasteiger partial charge is 0.328 e. The minimum absolute atomic E-state index is 0.0360. The Bertz CT molecular complexity index is 1820. The first-order valence-corrected chi connectivity index (χ1v) is 15.0. The molecular weight excluding hydrogens is 580 g/mol. The van der Waals surface area contributed by atoms with Gasteiger partial charge in [-0.15, -0.1) is 0 Å². The molecular formula is C30H29ClN4O6S. The molecule has 10 nitrogen and oxygen atoms in total. The highest BCUT2D eigenvalue weighted by Gasteiger charge is 2.43. The number of aromatic nitrogens is 1. The fourth-order valence-corrected chi connectivity index (χ4v) is 7.30. The number of anilines is 2. The highest BCUT2D eigenvalue weighted by Crippen LogP contribution is 2.38. The first kappa shape index (κ1) is 29.2. The quantitative estimate of drug-likeness (QED) is 0.256. The van der Waals surface area contributed by atoms with Crippen LogP contribution in [0.25, 0.3) is 10.9 Å². The third kappa shape index (κ3) is 5.45. The summed E-state index contributed by atoms with van der Waals surface area (Å²) in [5.41, 5.74) is 3.09. The van der Waals surface area contributed by atoms with Crippen LogP contribution in [0.1, 0.15) is 23.1 Å². The molecule has 0 fully saturated rings. The van der Waals surface area contributed by atoms with Gasteiger partial charge in [0.05, 0.1) is 29.8 Å². The summed E-state index contributed by atoms with van der Waals surface area (Å²) >= 11 is 6.23. The van der Waals surface area contributed by atoms with Gasteiger partial charge in [-0.25, -0.2) is 13.2 Å². The summed E-state index contributed by atoms with van der Waals surface area (Å²) in [5, 5.41) is 6.65. The van der Waals surface area contributed by atoms with E-state index in [1.54, 1.807) is 50.4 Å². The van der Waals surface area contributed by atoms with Crippen molar-refractivity contribution in [2.75, 3.05) is 16.7 Å². The van der Waals surface area contributed by atoms with Crippen LogP contribution in [0, 0.1) is 13.8 Å². The molecule has 42 heavy (non-hydrogen) atoms. The van der Waals surface area contributed by atoms with Crippen LogP contribution in [0.15, 0.2) is 71.8 Å². The summed E-state index contributed by atoms with van der Waals surface area (Å²) in [6.07, 6.45) is 1.32. The van der Waals surface area contributed by atoms with Gasteiger partial charge in [0.15, 0.2) is 0 Å². The van der Waals surface area contributed by atoms with E-state index in [-0.39, 0.29) is 22.7 Å². The largest absolute Gasteiger partial charge is 0.467 e. The van der Waals surface area contributed by atoms with Gasteiger partial charge >= 0.3 is 5.97 Å². The number of methoxy groups -OCH3 is 1. The summed E-state index contributed by atoms with van der Waals surface area (Å²) in [6.45, 7) is 3.30. The number of amides is 2. The lowest BCUT2D eigenvalue weighted by molar-refractivity contribution is -0.145. The Morgan fingerprint density at radius 3 is 2.55 bits per heavy atom. The molecule has 0 unspecified atom stereocenters. The number of H-pyrrole nitrogens is 1. The Kier molecular flexibility index (Phi) is 7.98. The maximum absolute atomic E-state index is 14.2. The van der Waals surface area contributed by atoms with E-state index < -0.39 is 46.3 Å². The van der Waals surface area contributed by atoms with Crippen molar-refractivity contribution in [3.05, 3.63) is 88.6 Å². The number of nitrogens with one attached hydrogen (secondary N) is 3. The van der Waals surface area contributed by atoms with E-state index in [1.165, 1.54) is 13.2 Å². The number of fused-ring (bicyclic) bond motifs is 2. The lowest BCUT2D eigenvalue weighted by atomic mass is 10.0. The minimum Gasteiger partial charge on any atom is -0.467 e. The molecule has 4 aromatic rings. The van der Waals surface area contributed by atoms with Gasteiger partial charge in [0, 0.05) is 28.5 Å². The molecule has 3 aromatic carbocycles. The van der Waals surface area contributed by atoms with E-state index in [4.69, 9.17) is 16.3 Å². The van der Waals surface area contributed by atoms with Gasteiger partial charge in [0.25, 0.3) is 10.0 Å². The number of hydrogen-bond donors (Lipinski definition) is 3. The number of hydrogen-bond acceptors (Lipinski definition) is 6. The number of aryl methyl sites for hydroxylation is 2. The van der Waals surface area contributed by atoms with E-state index in [2.05, 4.69) is 15.6 Å². The summed E-state index contributed by atoms with van der Waals surface area (Å²) < 4.78 is 34.3. The van der Waals surface area contributed by atoms with Crippen LogP contribution >= 0.6 is 11.6 Å². The van der Waals surface area contributed by atoms with Crippen molar-refractivity contribution < 1.29 is 27.5 Å². The normalized spacial score (nSPS) is 15.6. The second kappa shape index (κ2) is 11.5.